The Hall–Kier alpha value is -2.74. The van der Waals surface area contributed by atoms with Gasteiger partial charge < -0.3 is 54.3 Å². The average Bonchev–Trinajstić information content (AvgIpc) is 3.08. The molecular weight excluding hydrogens is 560 g/mol. The van der Waals surface area contributed by atoms with E-state index in [2.05, 4.69) is 0 Å². The zero-order chi connectivity index (χ0) is 31.9. The van der Waals surface area contributed by atoms with Crippen LogP contribution in [0.3, 0.4) is 0 Å². The van der Waals surface area contributed by atoms with Gasteiger partial charge in [-0.15, -0.1) is 0 Å². The summed E-state index contributed by atoms with van der Waals surface area (Å²) in [5.74, 6) is -12.6. The van der Waals surface area contributed by atoms with Gasteiger partial charge in [-0.05, 0) is 27.7 Å². The van der Waals surface area contributed by atoms with Gasteiger partial charge in [-0.3, -0.25) is 28.8 Å². The van der Waals surface area contributed by atoms with Gasteiger partial charge in [0, 0.05) is 13.8 Å². The van der Waals surface area contributed by atoms with E-state index in [0.29, 0.717) is 41.5 Å². The fraction of sp³-hybridized carbons (Fsp3) is 0.750. The molecule has 2 aliphatic rings. The highest BCUT2D eigenvalue weighted by Crippen LogP contribution is 2.58. The van der Waals surface area contributed by atoms with Crippen LogP contribution in [0.2, 0.25) is 0 Å². The third-order valence-corrected chi connectivity index (χ3v) is 7.15. The Morgan fingerprint density at radius 3 is 1.68 bits per heavy atom. The third-order valence-electron chi connectivity index (χ3n) is 7.15. The highest BCUT2D eigenvalue weighted by molar-refractivity contribution is 6.14. The van der Waals surface area contributed by atoms with Gasteiger partial charge in [-0.1, -0.05) is 0 Å². The van der Waals surface area contributed by atoms with Gasteiger partial charge in [0.15, 0.2) is 29.4 Å². The molecule has 0 aromatic rings. The van der Waals surface area contributed by atoms with Gasteiger partial charge in [0.25, 0.3) is 17.0 Å². The van der Waals surface area contributed by atoms with Crippen molar-refractivity contribution >= 4 is 35.1 Å². The largest absolute Gasteiger partial charge is 0.441 e. The Balaban J connectivity index is 3.23. The fourth-order valence-electron chi connectivity index (χ4n) is 5.41. The molecule has 2 heterocycles. The molecule has 0 aromatic heterocycles. The standard InChI is InChI=1S/C24H34O17/c1-9(27)21(36)16(8-26)40-24(23(21,12(4)30)39-14(6)32,22(10(2)28,11(3)29)38-13(5)31)41-20-19(35)18(34)17(33)15(7-25)37-20/h15-20,25-26,33-36H,7-8H2,1-6H3/t15-,16-,17-,18+,19-,20-,21-,23+,24+/m1/s1. The average molecular weight is 595 g/mol. The predicted molar refractivity (Wildman–Crippen MR) is 126 cm³/mol. The Kier molecular flexibility index (Phi) is 9.97. The summed E-state index contributed by atoms with van der Waals surface area (Å²) in [5, 5.41) is 62.9. The second-order valence-electron chi connectivity index (χ2n) is 9.76. The molecule has 0 radical (unpaired) electrons. The fourth-order valence-corrected chi connectivity index (χ4v) is 5.41. The Labute approximate surface area is 232 Å². The van der Waals surface area contributed by atoms with Crippen LogP contribution >= 0.6 is 0 Å². The number of esters is 2. The minimum atomic E-state index is -3.79. The molecule has 0 unspecified atom stereocenters. The predicted octanol–water partition coefficient (Wildman–Crippen LogP) is -4.42. The van der Waals surface area contributed by atoms with Crippen molar-refractivity contribution in [1.82, 2.24) is 0 Å². The van der Waals surface area contributed by atoms with E-state index in [0.717, 1.165) is 0 Å². The SMILES string of the molecule is CC(=O)OC(C(C)=O)(C(C)=O)[C@@]1(O[C@H]2O[C@H](CO)[C@@H](O)[C@H](O)[C@H]2O)O[C@H](CO)[C@](O)(C(C)=O)[C@@]1(OC(C)=O)C(C)=O. The molecule has 17 heteroatoms. The lowest BCUT2D eigenvalue weighted by Crippen LogP contribution is -2.82. The monoisotopic (exact) mass is 594 g/mol. The van der Waals surface area contributed by atoms with Gasteiger partial charge in [-0.2, -0.15) is 0 Å². The van der Waals surface area contributed by atoms with Crippen LogP contribution in [0, 0.1) is 0 Å². The molecule has 0 saturated carbocycles. The first kappa shape index (κ1) is 34.5. The minimum Gasteiger partial charge on any atom is -0.441 e. The molecule has 0 amide bonds. The smallest absolute Gasteiger partial charge is 0.304 e. The summed E-state index contributed by atoms with van der Waals surface area (Å²) in [6.07, 6.45) is -13.0. The van der Waals surface area contributed by atoms with Crippen molar-refractivity contribution in [3.8, 4) is 0 Å². The number of carbonyl (C=O) groups excluding carboxylic acids is 6. The van der Waals surface area contributed by atoms with Crippen LogP contribution in [-0.4, -0.2) is 138 Å². The number of hydrogen-bond donors (Lipinski definition) is 6. The van der Waals surface area contributed by atoms with Crippen molar-refractivity contribution in [1.29, 1.82) is 0 Å². The van der Waals surface area contributed by atoms with Crippen LogP contribution < -0.4 is 0 Å². The van der Waals surface area contributed by atoms with E-state index < -0.39 is 108 Å². The van der Waals surface area contributed by atoms with Gasteiger partial charge in [0.2, 0.25) is 5.60 Å². The van der Waals surface area contributed by atoms with Gasteiger partial charge in [0.1, 0.15) is 30.5 Å². The highest BCUT2D eigenvalue weighted by Gasteiger charge is 2.90. The minimum absolute atomic E-state index is 0.615. The summed E-state index contributed by atoms with van der Waals surface area (Å²) < 4.78 is 27.1. The molecule has 0 spiro atoms. The van der Waals surface area contributed by atoms with Crippen LogP contribution in [-0.2, 0) is 52.5 Å². The first-order valence-electron chi connectivity index (χ1n) is 12.2. The molecular formula is C24H34O17. The highest BCUT2D eigenvalue weighted by atomic mass is 16.8. The van der Waals surface area contributed by atoms with Crippen LogP contribution in [0.15, 0.2) is 0 Å². The molecule has 232 valence electrons. The van der Waals surface area contributed by atoms with E-state index in [4.69, 9.17) is 23.7 Å². The third kappa shape index (κ3) is 4.80. The summed E-state index contributed by atoms with van der Waals surface area (Å²) in [6, 6.07) is 0. The van der Waals surface area contributed by atoms with Crippen LogP contribution in [0.25, 0.3) is 0 Å². The van der Waals surface area contributed by atoms with Crippen LogP contribution in [0.4, 0.5) is 0 Å². The normalized spacial score (nSPS) is 37.3. The molecule has 17 nitrogen and oxygen atoms in total. The number of aliphatic hydroxyl groups is 6. The molecule has 2 fully saturated rings. The van der Waals surface area contributed by atoms with Crippen molar-refractivity contribution in [2.45, 2.75) is 101 Å². The number of hydrogen-bond acceptors (Lipinski definition) is 17. The molecule has 6 N–H and O–H groups in total. The number of aliphatic hydroxyl groups excluding tert-OH is 5. The zero-order valence-corrected chi connectivity index (χ0v) is 23.1. The second-order valence-corrected chi connectivity index (χ2v) is 9.76. The maximum Gasteiger partial charge on any atom is 0.304 e. The number of carbonyl (C=O) groups is 6. The van der Waals surface area contributed by atoms with E-state index in [1.54, 1.807) is 0 Å². The van der Waals surface area contributed by atoms with E-state index in [1.807, 2.05) is 0 Å². The Bertz CT molecular complexity index is 1090. The molecule has 2 aliphatic heterocycles. The molecule has 41 heavy (non-hydrogen) atoms. The van der Waals surface area contributed by atoms with Gasteiger partial charge >= 0.3 is 11.9 Å². The quantitative estimate of drug-likeness (QED) is 0.0973. The summed E-state index contributed by atoms with van der Waals surface area (Å²) in [5.41, 5.74) is -10.7. The lowest BCUT2D eigenvalue weighted by atomic mass is 9.65. The first-order chi connectivity index (χ1) is 18.8. The summed E-state index contributed by atoms with van der Waals surface area (Å²) in [4.78, 5) is 78.3. The topological polar surface area (TPSA) is 270 Å². The lowest BCUT2D eigenvalue weighted by molar-refractivity contribution is -0.410. The number of ketones is 4. The van der Waals surface area contributed by atoms with Crippen molar-refractivity contribution < 1.29 is 83.1 Å². The Morgan fingerprint density at radius 1 is 0.780 bits per heavy atom. The van der Waals surface area contributed by atoms with E-state index >= 15 is 0 Å². The molecule has 2 rings (SSSR count). The second kappa shape index (κ2) is 11.9. The number of ether oxygens (including phenoxy) is 5. The van der Waals surface area contributed by atoms with Crippen LogP contribution in [0.5, 0.6) is 0 Å². The summed E-state index contributed by atoms with van der Waals surface area (Å²) in [6.45, 7) is 1.57. The van der Waals surface area contributed by atoms with Crippen molar-refractivity contribution in [2.24, 2.45) is 0 Å². The zero-order valence-electron chi connectivity index (χ0n) is 23.1. The maximum atomic E-state index is 13.6. The first-order valence-corrected chi connectivity index (χ1v) is 12.2. The van der Waals surface area contributed by atoms with Crippen molar-refractivity contribution in [3.63, 3.8) is 0 Å². The summed E-state index contributed by atoms with van der Waals surface area (Å²) in [7, 11) is 0. The number of rotatable bonds is 11. The van der Waals surface area contributed by atoms with Crippen molar-refractivity contribution in [2.75, 3.05) is 13.2 Å². The van der Waals surface area contributed by atoms with Gasteiger partial charge in [-0.25, -0.2) is 0 Å². The molecule has 9 atom stereocenters. The summed E-state index contributed by atoms with van der Waals surface area (Å²) >= 11 is 0. The molecule has 0 aromatic carbocycles. The molecule has 0 bridgehead atoms. The van der Waals surface area contributed by atoms with E-state index in [1.165, 1.54) is 0 Å². The van der Waals surface area contributed by atoms with Crippen molar-refractivity contribution in [3.05, 3.63) is 0 Å². The lowest BCUT2D eigenvalue weighted by Gasteiger charge is -2.53. The molecule has 2 saturated heterocycles. The molecule has 0 aliphatic carbocycles. The van der Waals surface area contributed by atoms with Crippen LogP contribution in [0.1, 0.15) is 41.5 Å². The van der Waals surface area contributed by atoms with E-state index in [9.17, 15) is 59.4 Å². The maximum absolute atomic E-state index is 13.6. The number of Topliss-reactive ketones (excluding diaryl/α,β-unsaturated/α-hetero) is 4. The Morgan fingerprint density at radius 2 is 1.32 bits per heavy atom. The van der Waals surface area contributed by atoms with E-state index in [-0.39, 0.29) is 0 Å². The van der Waals surface area contributed by atoms with Gasteiger partial charge in [0.05, 0.1) is 13.2 Å².